The Morgan fingerprint density at radius 1 is 1.47 bits per heavy atom. The van der Waals surface area contributed by atoms with Gasteiger partial charge < -0.3 is 9.52 Å². The van der Waals surface area contributed by atoms with Gasteiger partial charge in [-0.15, -0.1) is 11.3 Å². The van der Waals surface area contributed by atoms with Crippen molar-refractivity contribution in [1.82, 2.24) is 0 Å². The number of aryl methyl sites for hydroxylation is 1. The molecule has 1 atom stereocenters. The van der Waals surface area contributed by atoms with Crippen molar-refractivity contribution >= 4 is 27.3 Å². The van der Waals surface area contributed by atoms with Crippen LogP contribution in [0, 0.1) is 6.92 Å². The summed E-state index contributed by atoms with van der Waals surface area (Å²) >= 11 is 5.03. The Balaban J connectivity index is 2.10. The molecule has 0 aliphatic heterocycles. The topological polar surface area (TPSA) is 33.4 Å². The number of thiophene rings is 1. The van der Waals surface area contributed by atoms with Crippen molar-refractivity contribution in [2.24, 2.45) is 0 Å². The minimum atomic E-state index is -0.550. The van der Waals surface area contributed by atoms with E-state index in [4.69, 9.17) is 4.42 Å². The molecule has 0 aliphatic carbocycles. The lowest BCUT2D eigenvalue weighted by molar-refractivity contribution is 0.150. The predicted octanol–water partition coefficient (Wildman–Crippen LogP) is 3.69. The molecule has 1 unspecified atom stereocenters. The van der Waals surface area contributed by atoms with Gasteiger partial charge in [0.2, 0.25) is 0 Å². The summed E-state index contributed by atoms with van der Waals surface area (Å²) in [5, 5.41) is 9.95. The second kappa shape index (κ2) is 4.51. The molecule has 0 amide bonds. The van der Waals surface area contributed by atoms with Gasteiger partial charge in [-0.3, -0.25) is 0 Å². The normalized spacial score (nSPS) is 13.0. The van der Waals surface area contributed by atoms with E-state index < -0.39 is 6.10 Å². The highest BCUT2D eigenvalue weighted by Gasteiger charge is 2.15. The Labute approximate surface area is 101 Å². The largest absolute Gasteiger partial charge is 0.466 e. The van der Waals surface area contributed by atoms with Gasteiger partial charge >= 0.3 is 0 Å². The van der Waals surface area contributed by atoms with Gasteiger partial charge in [0.1, 0.15) is 11.9 Å². The van der Waals surface area contributed by atoms with E-state index in [1.807, 2.05) is 25.1 Å². The molecule has 0 bridgehead atoms. The van der Waals surface area contributed by atoms with Crippen molar-refractivity contribution in [2.45, 2.75) is 19.4 Å². The SMILES string of the molecule is Cc1ccoc1C(O)Cc1ccc(Br)s1. The van der Waals surface area contributed by atoms with Crippen molar-refractivity contribution in [2.75, 3.05) is 0 Å². The first kappa shape index (κ1) is 10.9. The fourth-order valence-corrected chi connectivity index (χ4v) is 2.99. The van der Waals surface area contributed by atoms with Gasteiger partial charge in [-0.2, -0.15) is 0 Å². The number of hydrogen-bond donors (Lipinski definition) is 1. The minimum absolute atomic E-state index is 0.550. The first-order chi connectivity index (χ1) is 7.16. The van der Waals surface area contributed by atoms with E-state index in [1.54, 1.807) is 17.6 Å². The Bertz CT molecular complexity index is 447. The second-order valence-corrected chi connectivity index (χ2v) is 5.94. The summed E-state index contributed by atoms with van der Waals surface area (Å²) in [5.74, 6) is 0.666. The number of hydrogen-bond acceptors (Lipinski definition) is 3. The third kappa shape index (κ3) is 2.51. The van der Waals surface area contributed by atoms with E-state index >= 15 is 0 Å². The van der Waals surface area contributed by atoms with Crippen LogP contribution in [0.3, 0.4) is 0 Å². The maximum Gasteiger partial charge on any atom is 0.135 e. The second-order valence-electron chi connectivity index (χ2n) is 3.39. The third-order valence-electron chi connectivity index (χ3n) is 2.23. The van der Waals surface area contributed by atoms with Gasteiger partial charge in [0, 0.05) is 11.3 Å². The highest BCUT2D eigenvalue weighted by atomic mass is 79.9. The van der Waals surface area contributed by atoms with Crippen LogP contribution < -0.4 is 0 Å². The van der Waals surface area contributed by atoms with Gasteiger partial charge in [0.25, 0.3) is 0 Å². The van der Waals surface area contributed by atoms with Crippen LogP contribution >= 0.6 is 27.3 Å². The summed E-state index contributed by atoms with van der Waals surface area (Å²) in [6, 6.07) is 5.86. The van der Waals surface area contributed by atoms with Crippen LogP contribution in [0.2, 0.25) is 0 Å². The zero-order valence-corrected chi connectivity index (χ0v) is 10.6. The first-order valence-electron chi connectivity index (χ1n) is 4.63. The average Bonchev–Trinajstić information content (AvgIpc) is 2.75. The minimum Gasteiger partial charge on any atom is -0.466 e. The molecule has 4 heteroatoms. The monoisotopic (exact) mass is 286 g/mol. The Kier molecular flexibility index (Phi) is 3.29. The zero-order chi connectivity index (χ0) is 10.8. The molecule has 2 nitrogen and oxygen atoms in total. The highest BCUT2D eigenvalue weighted by Crippen LogP contribution is 2.28. The van der Waals surface area contributed by atoms with Crippen LogP contribution in [-0.2, 0) is 6.42 Å². The lowest BCUT2D eigenvalue weighted by Gasteiger charge is -2.06. The maximum atomic E-state index is 9.95. The molecule has 0 aromatic carbocycles. The molecule has 1 N–H and O–H groups in total. The number of aliphatic hydroxyl groups excluding tert-OH is 1. The Morgan fingerprint density at radius 3 is 2.80 bits per heavy atom. The van der Waals surface area contributed by atoms with Crippen molar-refractivity contribution in [1.29, 1.82) is 0 Å². The van der Waals surface area contributed by atoms with E-state index in [-0.39, 0.29) is 0 Å². The summed E-state index contributed by atoms with van der Waals surface area (Å²) in [4.78, 5) is 1.14. The number of halogens is 1. The summed E-state index contributed by atoms with van der Waals surface area (Å²) in [5.41, 5.74) is 0.998. The third-order valence-corrected chi connectivity index (χ3v) is 3.87. The van der Waals surface area contributed by atoms with Crippen molar-refractivity contribution < 1.29 is 9.52 Å². The standard InChI is InChI=1S/C11H11BrO2S/c1-7-4-5-14-11(7)9(13)6-8-2-3-10(12)15-8/h2-5,9,13H,6H2,1H3. The summed E-state index contributed by atoms with van der Waals surface area (Å²) < 4.78 is 6.33. The summed E-state index contributed by atoms with van der Waals surface area (Å²) in [7, 11) is 0. The van der Waals surface area contributed by atoms with E-state index in [0.29, 0.717) is 12.2 Å². The van der Waals surface area contributed by atoms with E-state index in [1.165, 1.54) is 0 Å². The molecule has 2 heterocycles. The summed E-state index contributed by atoms with van der Waals surface area (Å²) in [6.45, 7) is 1.94. The quantitative estimate of drug-likeness (QED) is 0.934. The van der Waals surface area contributed by atoms with Crippen LogP contribution in [0.4, 0.5) is 0 Å². The molecular formula is C11H11BrO2S. The number of furan rings is 1. The van der Waals surface area contributed by atoms with E-state index in [0.717, 1.165) is 14.2 Å². The molecule has 2 aromatic heterocycles. The number of rotatable bonds is 3. The highest BCUT2D eigenvalue weighted by molar-refractivity contribution is 9.11. The molecular weight excluding hydrogens is 276 g/mol. The molecule has 0 saturated heterocycles. The van der Waals surface area contributed by atoms with Gasteiger partial charge in [-0.25, -0.2) is 0 Å². The lowest BCUT2D eigenvalue weighted by atomic mass is 10.1. The van der Waals surface area contributed by atoms with E-state index in [2.05, 4.69) is 15.9 Å². The Morgan fingerprint density at radius 2 is 2.27 bits per heavy atom. The fraction of sp³-hybridized carbons (Fsp3) is 0.273. The van der Waals surface area contributed by atoms with Crippen LogP contribution in [0.15, 0.2) is 32.7 Å². The maximum absolute atomic E-state index is 9.95. The molecule has 2 rings (SSSR count). The lowest BCUT2D eigenvalue weighted by Crippen LogP contribution is -2.00. The smallest absolute Gasteiger partial charge is 0.135 e. The molecule has 0 aliphatic rings. The average molecular weight is 287 g/mol. The molecule has 0 spiro atoms. The predicted molar refractivity (Wildman–Crippen MR) is 64.1 cm³/mol. The van der Waals surface area contributed by atoms with Crippen molar-refractivity contribution in [3.63, 3.8) is 0 Å². The number of aliphatic hydroxyl groups is 1. The van der Waals surface area contributed by atoms with Crippen molar-refractivity contribution in [3.8, 4) is 0 Å². The molecule has 15 heavy (non-hydrogen) atoms. The zero-order valence-electron chi connectivity index (χ0n) is 8.24. The fourth-order valence-electron chi connectivity index (χ4n) is 1.47. The molecule has 0 radical (unpaired) electrons. The van der Waals surface area contributed by atoms with Crippen LogP contribution in [0.5, 0.6) is 0 Å². The molecule has 0 fully saturated rings. The van der Waals surface area contributed by atoms with Crippen molar-refractivity contribution in [3.05, 3.63) is 44.4 Å². The molecule has 80 valence electrons. The summed E-state index contributed by atoms with van der Waals surface area (Å²) in [6.07, 6.45) is 1.66. The van der Waals surface area contributed by atoms with Crippen LogP contribution in [-0.4, -0.2) is 5.11 Å². The van der Waals surface area contributed by atoms with E-state index in [9.17, 15) is 5.11 Å². The molecule has 2 aromatic rings. The van der Waals surface area contributed by atoms with Gasteiger partial charge in [0.15, 0.2) is 0 Å². The first-order valence-corrected chi connectivity index (χ1v) is 6.24. The van der Waals surface area contributed by atoms with Gasteiger partial charge in [-0.1, -0.05) is 0 Å². The van der Waals surface area contributed by atoms with Gasteiger partial charge in [0.05, 0.1) is 10.0 Å². The van der Waals surface area contributed by atoms with Crippen LogP contribution in [0.1, 0.15) is 22.3 Å². The Hall–Kier alpha value is -0.580. The van der Waals surface area contributed by atoms with Crippen LogP contribution in [0.25, 0.3) is 0 Å². The molecule has 0 saturated carbocycles. The van der Waals surface area contributed by atoms with Gasteiger partial charge in [-0.05, 0) is 46.6 Å².